The third kappa shape index (κ3) is 5.19. The fourth-order valence-electron chi connectivity index (χ4n) is 4.51. The Bertz CT molecular complexity index is 1420. The number of anilines is 1. The van der Waals surface area contributed by atoms with Crippen LogP contribution in [-0.2, 0) is 20.9 Å². The molecule has 190 valence electrons. The van der Waals surface area contributed by atoms with E-state index in [1.54, 1.807) is 36.4 Å². The summed E-state index contributed by atoms with van der Waals surface area (Å²) >= 11 is 0. The Balaban J connectivity index is 1.56. The van der Waals surface area contributed by atoms with Gasteiger partial charge in [-0.3, -0.25) is 14.5 Å². The van der Waals surface area contributed by atoms with Gasteiger partial charge in [0.25, 0.3) is 0 Å². The van der Waals surface area contributed by atoms with E-state index in [1.807, 2.05) is 0 Å². The predicted molar refractivity (Wildman–Crippen MR) is 133 cm³/mol. The van der Waals surface area contributed by atoms with Crippen molar-refractivity contribution >= 4 is 28.5 Å². The van der Waals surface area contributed by atoms with Gasteiger partial charge < -0.3 is 10.1 Å². The number of para-hydroxylation sites is 2. The number of amides is 2. The number of halogens is 2. The van der Waals surface area contributed by atoms with E-state index in [-0.39, 0.29) is 30.4 Å². The van der Waals surface area contributed by atoms with Crippen LogP contribution in [-0.4, -0.2) is 46.1 Å². The Kier molecular flexibility index (Phi) is 7.18. The van der Waals surface area contributed by atoms with Gasteiger partial charge in [-0.05, 0) is 43.2 Å². The number of ether oxygens (including phenoxy) is 1. The first-order valence-corrected chi connectivity index (χ1v) is 12.0. The van der Waals surface area contributed by atoms with Crippen molar-refractivity contribution in [3.8, 4) is 0 Å². The molecule has 8 nitrogen and oxygen atoms in total. The molecule has 5 rings (SSSR count). The van der Waals surface area contributed by atoms with Crippen molar-refractivity contribution in [1.29, 1.82) is 0 Å². The summed E-state index contributed by atoms with van der Waals surface area (Å²) in [5, 5.41) is 10.9. The van der Waals surface area contributed by atoms with Crippen molar-refractivity contribution in [3.05, 3.63) is 90.0 Å². The van der Waals surface area contributed by atoms with Crippen molar-refractivity contribution in [1.82, 2.24) is 20.3 Å². The van der Waals surface area contributed by atoms with Crippen molar-refractivity contribution in [3.63, 3.8) is 0 Å². The summed E-state index contributed by atoms with van der Waals surface area (Å²) < 4.78 is 37.2. The standard InChI is InChI=1S/C27H25F2N5O3/c28-20-10-2-1-9-19(20)26(27(36)30-16-18-8-7-15-37-18)34(23-13-5-3-11-21(23)29)25(35)17-33-24-14-6-4-12-22(24)31-32-33/h1-6,9-14,18,26H,7-8,15-17H2,(H,30,36)/t18-,26-/m0/s1. The molecule has 37 heavy (non-hydrogen) atoms. The first-order chi connectivity index (χ1) is 18.0. The average molecular weight is 506 g/mol. The fraction of sp³-hybridized carbons (Fsp3) is 0.259. The molecule has 0 bridgehead atoms. The monoisotopic (exact) mass is 505 g/mol. The molecule has 0 spiro atoms. The second kappa shape index (κ2) is 10.8. The molecule has 0 saturated carbocycles. The molecule has 1 saturated heterocycles. The van der Waals surface area contributed by atoms with Gasteiger partial charge in [0.15, 0.2) is 0 Å². The van der Waals surface area contributed by atoms with Gasteiger partial charge >= 0.3 is 0 Å². The van der Waals surface area contributed by atoms with E-state index in [0.29, 0.717) is 17.6 Å². The molecule has 10 heteroatoms. The van der Waals surface area contributed by atoms with Gasteiger partial charge in [0.2, 0.25) is 11.8 Å². The molecular weight excluding hydrogens is 480 g/mol. The number of hydrogen-bond acceptors (Lipinski definition) is 5. The maximum Gasteiger partial charge on any atom is 0.249 e. The van der Waals surface area contributed by atoms with E-state index in [4.69, 9.17) is 4.74 Å². The molecule has 1 N–H and O–H groups in total. The Morgan fingerprint density at radius 1 is 1.03 bits per heavy atom. The highest BCUT2D eigenvalue weighted by atomic mass is 19.1. The Morgan fingerprint density at radius 3 is 2.51 bits per heavy atom. The average Bonchev–Trinajstić information content (AvgIpc) is 3.57. The molecule has 2 amide bonds. The van der Waals surface area contributed by atoms with Crippen LogP contribution in [0.15, 0.2) is 72.8 Å². The molecule has 2 atom stereocenters. The first kappa shape index (κ1) is 24.5. The van der Waals surface area contributed by atoms with E-state index in [2.05, 4.69) is 15.6 Å². The van der Waals surface area contributed by atoms with Gasteiger partial charge in [0, 0.05) is 18.7 Å². The largest absolute Gasteiger partial charge is 0.376 e. The van der Waals surface area contributed by atoms with Crippen molar-refractivity contribution in [2.24, 2.45) is 0 Å². The molecule has 1 aliphatic heterocycles. The van der Waals surface area contributed by atoms with Gasteiger partial charge in [-0.2, -0.15) is 0 Å². The van der Waals surface area contributed by atoms with Crippen LogP contribution in [0.4, 0.5) is 14.5 Å². The van der Waals surface area contributed by atoms with Crippen molar-refractivity contribution < 1.29 is 23.1 Å². The lowest BCUT2D eigenvalue weighted by molar-refractivity contribution is -0.127. The van der Waals surface area contributed by atoms with Crippen LogP contribution in [0.5, 0.6) is 0 Å². The third-order valence-electron chi connectivity index (χ3n) is 6.32. The Labute approximate surface area is 211 Å². The highest BCUT2D eigenvalue weighted by molar-refractivity contribution is 6.01. The minimum atomic E-state index is -1.48. The van der Waals surface area contributed by atoms with Gasteiger partial charge in [0.05, 0.1) is 17.3 Å². The minimum absolute atomic E-state index is 0.0626. The van der Waals surface area contributed by atoms with Crippen LogP contribution in [0, 0.1) is 11.6 Å². The number of benzene rings is 3. The van der Waals surface area contributed by atoms with E-state index in [0.717, 1.165) is 17.7 Å². The second-order valence-corrected chi connectivity index (χ2v) is 8.76. The normalized spacial score (nSPS) is 16.0. The molecule has 3 aromatic carbocycles. The maximum absolute atomic E-state index is 15.1. The molecule has 2 heterocycles. The summed E-state index contributed by atoms with van der Waals surface area (Å²) in [5.74, 6) is -2.74. The van der Waals surface area contributed by atoms with Crippen molar-refractivity contribution in [2.45, 2.75) is 31.5 Å². The molecule has 0 unspecified atom stereocenters. The topological polar surface area (TPSA) is 89.4 Å². The zero-order valence-corrected chi connectivity index (χ0v) is 19.9. The zero-order chi connectivity index (χ0) is 25.8. The summed E-state index contributed by atoms with van der Waals surface area (Å²) in [5.41, 5.74) is 0.951. The van der Waals surface area contributed by atoms with Crippen molar-refractivity contribution in [2.75, 3.05) is 18.1 Å². The molecular formula is C27H25F2N5O3. The Hall–Kier alpha value is -4.18. The summed E-state index contributed by atoms with van der Waals surface area (Å²) in [4.78, 5) is 28.5. The molecule has 1 aliphatic rings. The van der Waals surface area contributed by atoms with Crippen LogP contribution in [0.2, 0.25) is 0 Å². The number of aromatic nitrogens is 3. The Morgan fingerprint density at radius 2 is 1.76 bits per heavy atom. The smallest absolute Gasteiger partial charge is 0.249 e. The van der Waals surface area contributed by atoms with Crippen LogP contribution in [0.25, 0.3) is 11.0 Å². The van der Waals surface area contributed by atoms with Crippen LogP contribution in [0.3, 0.4) is 0 Å². The first-order valence-electron chi connectivity index (χ1n) is 12.0. The quantitative estimate of drug-likeness (QED) is 0.394. The molecule has 0 radical (unpaired) electrons. The van der Waals surface area contributed by atoms with Gasteiger partial charge in [-0.25, -0.2) is 13.5 Å². The lowest BCUT2D eigenvalue weighted by Crippen LogP contribution is -2.47. The highest BCUT2D eigenvalue weighted by Crippen LogP contribution is 2.32. The number of hydrogen-bond donors (Lipinski definition) is 1. The SMILES string of the molecule is O=C(NC[C@@H]1CCCO1)[C@H](c1ccccc1F)N(C(=O)Cn1nnc2ccccc21)c1ccccc1F. The van der Waals surface area contributed by atoms with E-state index in [9.17, 15) is 9.59 Å². The number of nitrogens with one attached hydrogen (secondary N) is 1. The second-order valence-electron chi connectivity index (χ2n) is 8.76. The zero-order valence-electron chi connectivity index (χ0n) is 19.9. The fourth-order valence-corrected chi connectivity index (χ4v) is 4.51. The maximum atomic E-state index is 15.1. The summed E-state index contributed by atoms with van der Waals surface area (Å²) in [7, 11) is 0. The number of rotatable bonds is 8. The molecule has 0 aliphatic carbocycles. The van der Waals surface area contributed by atoms with Crippen LogP contribution < -0.4 is 10.2 Å². The molecule has 4 aromatic rings. The summed E-state index contributed by atoms with van der Waals surface area (Å²) in [6.07, 6.45) is 1.48. The summed E-state index contributed by atoms with van der Waals surface area (Å²) in [6.45, 7) is 0.443. The molecule has 1 aromatic heterocycles. The lowest BCUT2D eigenvalue weighted by Gasteiger charge is -2.32. The van der Waals surface area contributed by atoms with Crippen LogP contribution in [0.1, 0.15) is 24.4 Å². The van der Waals surface area contributed by atoms with E-state index >= 15 is 8.78 Å². The predicted octanol–water partition coefficient (Wildman–Crippen LogP) is 3.78. The van der Waals surface area contributed by atoms with Gasteiger partial charge in [-0.15, -0.1) is 5.10 Å². The van der Waals surface area contributed by atoms with Crippen LogP contribution >= 0.6 is 0 Å². The van der Waals surface area contributed by atoms with E-state index in [1.165, 1.54) is 41.1 Å². The minimum Gasteiger partial charge on any atom is -0.376 e. The van der Waals surface area contributed by atoms with Gasteiger partial charge in [0.1, 0.15) is 29.7 Å². The highest BCUT2D eigenvalue weighted by Gasteiger charge is 2.36. The van der Waals surface area contributed by atoms with Gasteiger partial charge in [-0.1, -0.05) is 47.7 Å². The lowest BCUT2D eigenvalue weighted by atomic mass is 10.0. The number of carbonyl (C=O) groups is 2. The molecule has 1 fully saturated rings. The number of carbonyl (C=O) groups excluding carboxylic acids is 2. The van der Waals surface area contributed by atoms with E-state index < -0.39 is 29.5 Å². The third-order valence-corrected chi connectivity index (χ3v) is 6.32. The summed E-state index contributed by atoms with van der Waals surface area (Å²) in [6, 6.07) is 16.8. The number of fused-ring (bicyclic) bond motifs is 1. The number of nitrogens with zero attached hydrogens (tertiary/aromatic N) is 4.